The van der Waals surface area contributed by atoms with E-state index in [1.54, 1.807) is 42.2 Å². The Balaban J connectivity index is 1.55. The van der Waals surface area contributed by atoms with Gasteiger partial charge in [0.25, 0.3) is 6.43 Å². The van der Waals surface area contributed by atoms with E-state index in [0.717, 1.165) is 11.3 Å². The Hall–Kier alpha value is -2.15. The fraction of sp³-hybridized carbons (Fsp3) is 0.250. The van der Waals surface area contributed by atoms with Crippen molar-refractivity contribution < 1.29 is 8.78 Å². The van der Waals surface area contributed by atoms with Crippen molar-refractivity contribution in [2.24, 2.45) is 0 Å². The zero-order chi connectivity index (χ0) is 16.2. The van der Waals surface area contributed by atoms with Crippen LogP contribution in [0.4, 0.5) is 8.78 Å². The fourth-order valence-corrected chi connectivity index (χ4v) is 3.09. The number of aromatic nitrogens is 3. The number of aryl methyl sites for hydroxylation is 1. The summed E-state index contributed by atoms with van der Waals surface area (Å²) in [6.45, 7) is 0.514. The molecule has 0 saturated carbocycles. The van der Waals surface area contributed by atoms with Crippen molar-refractivity contribution in [3.63, 3.8) is 0 Å². The third kappa shape index (κ3) is 3.61. The number of pyridine rings is 1. The van der Waals surface area contributed by atoms with Gasteiger partial charge in [0.1, 0.15) is 0 Å². The highest BCUT2D eigenvalue weighted by Crippen LogP contribution is 2.20. The second-order valence-corrected chi connectivity index (χ2v) is 6.13. The molecule has 0 bridgehead atoms. The summed E-state index contributed by atoms with van der Waals surface area (Å²) in [5.74, 6) is 1.44. The first-order valence-electron chi connectivity index (χ1n) is 7.14. The SMILES string of the molecule is O=c1n(CCSCc2ccc(C(F)F)cc2)nc2ccccn12. The smallest absolute Gasteiger partial charge is 0.250 e. The molecule has 2 heterocycles. The minimum atomic E-state index is -2.43. The van der Waals surface area contributed by atoms with Gasteiger partial charge in [0, 0.05) is 23.3 Å². The summed E-state index contributed by atoms with van der Waals surface area (Å²) in [7, 11) is 0. The van der Waals surface area contributed by atoms with Gasteiger partial charge in [0.05, 0.1) is 6.54 Å². The Morgan fingerprint density at radius 3 is 2.61 bits per heavy atom. The topological polar surface area (TPSA) is 39.3 Å². The standard InChI is InChI=1S/C16H15F2N3OS/c17-15(18)13-6-4-12(5-7-13)11-23-10-9-21-16(22)20-8-2-1-3-14(20)19-21/h1-8,15H,9-11H2. The van der Waals surface area contributed by atoms with Crippen molar-refractivity contribution in [1.29, 1.82) is 0 Å². The van der Waals surface area contributed by atoms with Crippen LogP contribution in [0.25, 0.3) is 5.65 Å². The molecule has 23 heavy (non-hydrogen) atoms. The Morgan fingerprint density at radius 1 is 1.13 bits per heavy atom. The molecule has 2 aromatic heterocycles. The van der Waals surface area contributed by atoms with E-state index in [4.69, 9.17) is 0 Å². The summed E-state index contributed by atoms with van der Waals surface area (Å²) in [5.41, 5.74) is 1.50. The minimum Gasteiger partial charge on any atom is -0.250 e. The normalized spacial score (nSPS) is 11.4. The molecular formula is C16H15F2N3OS. The molecule has 4 nitrogen and oxygen atoms in total. The van der Waals surface area contributed by atoms with Gasteiger partial charge in [-0.2, -0.15) is 11.8 Å². The molecule has 0 saturated heterocycles. The predicted octanol–water partition coefficient (Wildman–Crippen LogP) is 3.37. The lowest BCUT2D eigenvalue weighted by atomic mass is 10.2. The molecular weight excluding hydrogens is 320 g/mol. The number of benzene rings is 1. The molecule has 0 N–H and O–H groups in total. The maximum Gasteiger partial charge on any atom is 0.350 e. The van der Waals surface area contributed by atoms with Crippen molar-refractivity contribution >= 4 is 17.4 Å². The number of rotatable bonds is 6. The maximum atomic E-state index is 12.5. The maximum absolute atomic E-state index is 12.5. The Kier molecular flexibility index (Phi) is 4.76. The summed E-state index contributed by atoms with van der Waals surface area (Å²) < 4.78 is 27.9. The Labute approximate surface area is 135 Å². The molecule has 0 atom stereocenters. The van der Waals surface area contributed by atoms with Crippen molar-refractivity contribution in [3.05, 3.63) is 70.3 Å². The van der Waals surface area contributed by atoms with Crippen LogP contribution >= 0.6 is 11.8 Å². The molecule has 3 aromatic rings. The van der Waals surface area contributed by atoms with E-state index in [1.165, 1.54) is 21.2 Å². The number of nitrogens with zero attached hydrogens (tertiary/aromatic N) is 3. The van der Waals surface area contributed by atoms with Gasteiger partial charge in [-0.15, -0.1) is 5.10 Å². The van der Waals surface area contributed by atoms with Crippen molar-refractivity contribution in [1.82, 2.24) is 14.2 Å². The van der Waals surface area contributed by atoms with Gasteiger partial charge in [-0.1, -0.05) is 30.3 Å². The predicted molar refractivity (Wildman–Crippen MR) is 87.0 cm³/mol. The molecule has 3 rings (SSSR count). The van der Waals surface area contributed by atoms with Crippen LogP contribution in [0, 0.1) is 0 Å². The molecule has 0 amide bonds. The average molecular weight is 335 g/mol. The largest absolute Gasteiger partial charge is 0.350 e. The first kappa shape index (κ1) is 15.7. The summed E-state index contributed by atoms with van der Waals surface area (Å²) in [6, 6.07) is 11.7. The number of fused-ring (bicyclic) bond motifs is 1. The van der Waals surface area contributed by atoms with Gasteiger partial charge in [0.2, 0.25) is 0 Å². The lowest BCUT2D eigenvalue weighted by molar-refractivity contribution is 0.151. The lowest BCUT2D eigenvalue weighted by Gasteiger charge is -2.04. The van der Waals surface area contributed by atoms with Crippen molar-refractivity contribution in [2.45, 2.75) is 18.7 Å². The van der Waals surface area contributed by atoms with Gasteiger partial charge >= 0.3 is 5.69 Å². The summed E-state index contributed by atoms with van der Waals surface area (Å²) in [5, 5.41) is 4.26. The lowest BCUT2D eigenvalue weighted by Crippen LogP contribution is -2.22. The number of alkyl halides is 2. The molecule has 0 aliphatic rings. The zero-order valence-corrected chi connectivity index (χ0v) is 13.0. The third-order valence-electron chi connectivity index (χ3n) is 3.44. The third-order valence-corrected chi connectivity index (χ3v) is 4.44. The van der Waals surface area contributed by atoms with Gasteiger partial charge in [-0.05, 0) is 17.7 Å². The molecule has 7 heteroatoms. The number of thioether (sulfide) groups is 1. The zero-order valence-electron chi connectivity index (χ0n) is 12.2. The number of halogens is 2. The highest BCUT2D eigenvalue weighted by atomic mass is 32.2. The van der Waals surface area contributed by atoms with E-state index in [-0.39, 0.29) is 11.3 Å². The van der Waals surface area contributed by atoms with Gasteiger partial charge < -0.3 is 0 Å². The molecule has 0 aliphatic heterocycles. The summed E-state index contributed by atoms with van der Waals surface area (Å²) >= 11 is 1.64. The highest BCUT2D eigenvalue weighted by Gasteiger charge is 2.07. The van der Waals surface area contributed by atoms with Crippen molar-refractivity contribution in [2.75, 3.05) is 5.75 Å². The first-order valence-corrected chi connectivity index (χ1v) is 8.29. The molecule has 0 fully saturated rings. The number of hydrogen-bond acceptors (Lipinski definition) is 3. The van der Waals surface area contributed by atoms with E-state index in [2.05, 4.69) is 5.10 Å². The van der Waals surface area contributed by atoms with Crippen LogP contribution in [0.5, 0.6) is 0 Å². The molecule has 120 valence electrons. The second kappa shape index (κ2) is 6.95. The van der Waals surface area contributed by atoms with Crippen LogP contribution in [0.1, 0.15) is 17.6 Å². The van der Waals surface area contributed by atoms with E-state index >= 15 is 0 Å². The molecule has 0 aliphatic carbocycles. The van der Waals surface area contributed by atoms with E-state index in [0.29, 0.717) is 17.9 Å². The summed E-state index contributed by atoms with van der Waals surface area (Å²) in [4.78, 5) is 12.1. The molecule has 0 radical (unpaired) electrons. The Morgan fingerprint density at radius 2 is 1.91 bits per heavy atom. The molecule has 1 aromatic carbocycles. The second-order valence-electron chi connectivity index (χ2n) is 5.03. The van der Waals surface area contributed by atoms with Gasteiger partial charge in [0.15, 0.2) is 5.65 Å². The van der Waals surface area contributed by atoms with E-state index in [1.807, 2.05) is 6.07 Å². The summed E-state index contributed by atoms with van der Waals surface area (Å²) in [6.07, 6.45) is -0.739. The molecule has 0 unspecified atom stereocenters. The van der Waals surface area contributed by atoms with E-state index < -0.39 is 6.43 Å². The van der Waals surface area contributed by atoms with Crippen LogP contribution in [-0.4, -0.2) is 19.9 Å². The minimum absolute atomic E-state index is 0.0370. The van der Waals surface area contributed by atoms with Crippen LogP contribution in [0.15, 0.2) is 53.5 Å². The van der Waals surface area contributed by atoms with Gasteiger partial charge in [-0.3, -0.25) is 4.40 Å². The first-order chi connectivity index (χ1) is 11.1. The Bertz CT molecular complexity index is 842. The monoisotopic (exact) mass is 335 g/mol. The van der Waals surface area contributed by atoms with Crippen LogP contribution in [-0.2, 0) is 12.3 Å². The average Bonchev–Trinajstić information content (AvgIpc) is 2.89. The number of hydrogen-bond donors (Lipinski definition) is 0. The molecule has 0 spiro atoms. The van der Waals surface area contributed by atoms with E-state index in [9.17, 15) is 13.6 Å². The van der Waals surface area contributed by atoms with Crippen molar-refractivity contribution in [3.8, 4) is 0 Å². The highest BCUT2D eigenvalue weighted by molar-refractivity contribution is 7.98. The fourth-order valence-electron chi connectivity index (χ4n) is 2.21. The van der Waals surface area contributed by atoms with Crippen LogP contribution in [0.3, 0.4) is 0 Å². The van der Waals surface area contributed by atoms with Crippen LogP contribution < -0.4 is 5.69 Å². The van der Waals surface area contributed by atoms with Crippen LogP contribution in [0.2, 0.25) is 0 Å². The quantitative estimate of drug-likeness (QED) is 0.649. The van der Waals surface area contributed by atoms with Gasteiger partial charge in [-0.25, -0.2) is 18.3 Å².